The largest absolute Gasteiger partial charge is 0.395 e. The number of hydrogen-bond donors (Lipinski definition) is 2. The van der Waals surface area contributed by atoms with Crippen LogP contribution in [0.1, 0.15) is 32.1 Å². The molecule has 2 N–H and O–H groups in total. The first kappa shape index (κ1) is 11.9. The van der Waals surface area contributed by atoms with E-state index in [4.69, 9.17) is 5.11 Å². The van der Waals surface area contributed by atoms with Crippen LogP contribution >= 0.6 is 0 Å². The summed E-state index contributed by atoms with van der Waals surface area (Å²) in [5, 5.41) is 12.3. The minimum atomic E-state index is 0.0884. The SMILES string of the molecule is O=C(CC1CCNC1)N(CCO)C1CCC1. The van der Waals surface area contributed by atoms with Gasteiger partial charge in [-0.15, -0.1) is 0 Å². The summed E-state index contributed by atoms with van der Waals surface area (Å²) < 4.78 is 0. The zero-order chi connectivity index (χ0) is 11.4. The van der Waals surface area contributed by atoms with Crippen LogP contribution in [0.3, 0.4) is 0 Å². The standard InChI is InChI=1S/C12H22N2O2/c15-7-6-14(11-2-1-3-11)12(16)8-10-4-5-13-9-10/h10-11,13,15H,1-9H2. The smallest absolute Gasteiger partial charge is 0.223 e. The Morgan fingerprint density at radius 1 is 1.38 bits per heavy atom. The summed E-state index contributed by atoms with van der Waals surface area (Å²) >= 11 is 0. The van der Waals surface area contributed by atoms with Crippen LogP contribution in [0.25, 0.3) is 0 Å². The van der Waals surface area contributed by atoms with Crippen molar-refractivity contribution in [3.05, 3.63) is 0 Å². The predicted molar refractivity (Wildman–Crippen MR) is 62.0 cm³/mol. The molecule has 2 fully saturated rings. The molecule has 1 unspecified atom stereocenters. The number of hydrogen-bond acceptors (Lipinski definition) is 3. The Labute approximate surface area is 97.0 Å². The first-order valence-electron chi connectivity index (χ1n) is 6.42. The van der Waals surface area contributed by atoms with Crippen LogP contribution in [0, 0.1) is 5.92 Å². The number of rotatable bonds is 5. The molecule has 1 amide bonds. The Morgan fingerprint density at radius 2 is 2.19 bits per heavy atom. The predicted octanol–water partition coefficient (Wildman–Crippen LogP) is 0.359. The van der Waals surface area contributed by atoms with Crippen LogP contribution in [-0.4, -0.2) is 48.2 Å². The first-order valence-corrected chi connectivity index (χ1v) is 6.42. The van der Waals surface area contributed by atoms with Crippen LogP contribution in [0.4, 0.5) is 0 Å². The molecule has 0 aromatic carbocycles. The summed E-state index contributed by atoms with van der Waals surface area (Å²) in [5.74, 6) is 0.751. The molecule has 16 heavy (non-hydrogen) atoms. The molecule has 4 heteroatoms. The monoisotopic (exact) mass is 226 g/mol. The van der Waals surface area contributed by atoms with Gasteiger partial charge in [-0.1, -0.05) is 0 Å². The van der Waals surface area contributed by atoms with Gasteiger partial charge < -0.3 is 15.3 Å². The maximum absolute atomic E-state index is 12.1. The second-order valence-corrected chi connectivity index (χ2v) is 4.96. The summed E-state index contributed by atoms with van der Waals surface area (Å²) in [6.45, 7) is 2.62. The van der Waals surface area contributed by atoms with Gasteiger partial charge in [0.05, 0.1) is 6.61 Å². The number of aliphatic hydroxyl groups is 1. The van der Waals surface area contributed by atoms with Crippen molar-refractivity contribution in [2.75, 3.05) is 26.2 Å². The molecule has 4 nitrogen and oxygen atoms in total. The molecule has 1 aliphatic heterocycles. The molecule has 1 heterocycles. The highest BCUT2D eigenvalue weighted by Gasteiger charge is 2.29. The summed E-state index contributed by atoms with van der Waals surface area (Å²) in [6, 6.07) is 0.411. The highest BCUT2D eigenvalue weighted by molar-refractivity contribution is 5.77. The molecular formula is C12H22N2O2. The Kier molecular flexibility index (Phi) is 4.18. The van der Waals surface area contributed by atoms with E-state index in [1.54, 1.807) is 0 Å². The molecule has 2 rings (SSSR count). The second-order valence-electron chi connectivity index (χ2n) is 4.96. The van der Waals surface area contributed by atoms with Gasteiger partial charge >= 0.3 is 0 Å². The van der Waals surface area contributed by atoms with Crippen molar-refractivity contribution in [1.82, 2.24) is 10.2 Å². The zero-order valence-electron chi connectivity index (χ0n) is 9.82. The van der Waals surface area contributed by atoms with E-state index in [2.05, 4.69) is 5.32 Å². The van der Waals surface area contributed by atoms with Crippen molar-refractivity contribution in [2.24, 2.45) is 5.92 Å². The van der Waals surface area contributed by atoms with Crippen LogP contribution in [0.5, 0.6) is 0 Å². The fraction of sp³-hybridized carbons (Fsp3) is 0.917. The normalized spacial score (nSPS) is 25.4. The van der Waals surface area contributed by atoms with Crippen molar-refractivity contribution < 1.29 is 9.90 Å². The van der Waals surface area contributed by atoms with E-state index < -0.39 is 0 Å². The molecule has 1 saturated carbocycles. The van der Waals surface area contributed by atoms with Gasteiger partial charge in [0.2, 0.25) is 5.91 Å². The van der Waals surface area contributed by atoms with E-state index in [1.807, 2.05) is 4.90 Å². The summed E-state index contributed by atoms with van der Waals surface area (Å²) in [5.41, 5.74) is 0. The Morgan fingerprint density at radius 3 is 2.69 bits per heavy atom. The minimum absolute atomic E-state index is 0.0884. The highest BCUT2D eigenvalue weighted by Crippen LogP contribution is 2.26. The van der Waals surface area contributed by atoms with E-state index in [-0.39, 0.29) is 12.5 Å². The van der Waals surface area contributed by atoms with E-state index in [0.29, 0.717) is 24.9 Å². The third kappa shape index (κ3) is 2.74. The van der Waals surface area contributed by atoms with Gasteiger partial charge in [0.1, 0.15) is 0 Å². The third-order valence-electron chi connectivity index (χ3n) is 3.80. The Balaban J connectivity index is 1.82. The van der Waals surface area contributed by atoms with Crippen LogP contribution in [0.15, 0.2) is 0 Å². The lowest BCUT2D eigenvalue weighted by atomic mass is 9.90. The van der Waals surface area contributed by atoms with Crippen LogP contribution in [0.2, 0.25) is 0 Å². The Hall–Kier alpha value is -0.610. The van der Waals surface area contributed by atoms with E-state index in [9.17, 15) is 4.79 Å². The maximum Gasteiger partial charge on any atom is 0.223 e. The topological polar surface area (TPSA) is 52.6 Å². The van der Waals surface area contributed by atoms with E-state index in [1.165, 1.54) is 6.42 Å². The highest BCUT2D eigenvalue weighted by atomic mass is 16.3. The molecule has 1 aliphatic carbocycles. The molecule has 0 aromatic heterocycles. The van der Waals surface area contributed by atoms with Gasteiger partial charge in [0.25, 0.3) is 0 Å². The lowest BCUT2D eigenvalue weighted by Gasteiger charge is -2.37. The average molecular weight is 226 g/mol. The number of carbonyl (C=O) groups excluding carboxylic acids is 1. The lowest BCUT2D eigenvalue weighted by Crippen LogP contribution is -2.46. The van der Waals surface area contributed by atoms with Gasteiger partial charge in [-0.25, -0.2) is 0 Å². The summed E-state index contributed by atoms with van der Waals surface area (Å²) in [6.07, 6.45) is 5.24. The third-order valence-corrected chi connectivity index (χ3v) is 3.80. The summed E-state index contributed by atoms with van der Waals surface area (Å²) in [4.78, 5) is 14.0. The number of carbonyl (C=O) groups is 1. The second kappa shape index (κ2) is 5.64. The molecule has 0 spiro atoms. The number of aliphatic hydroxyl groups excluding tert-OH is 1. The molecular weight excluding hydrogens is 204 g/mol. The van der Waals surface area contributed by atoms with Gasteiger partial charge in [-0.2, -0.15) is 0 Å². The number of amides is 1. The summed E-state index contributed by atoms with van der Waals surface area (Å²) in [7, 11) is 0. The van der Waals surface area contributed by atoms with Gasteiger partial charge in [0.15, 0.2) is 0 Å². The van der Waals surface area contributed by atoms with E-state index in [0.717, 1.165) is 32.4 Å². The average Bonchev–Trinajstić information content (AvgIpc) is 2.67. The lowest BCUT2D eigenvalue weighted by molar-refractivity contribution is -0.136. The Bertz CT molecular complexity index is 235. The fourth-order valence-corrected chi connectivity index (χ4v) is 2.57. The quantitative estimate of drug-likeness (QED) is 0.711. The van der Waals surface area contributed by atoms with Crippen molar-refractivity contribution in [3.8, 4) is 0 Å². The van der Waals surface area contributed by atoms with Crippen LogP contribution < -0.4 is 5.32 Å². The first-order chi connectivity index (χ1) is 7.81. The molecule has 2 aliphatic rings. The zero-order valence-corrected chi connectivity index (χ0v) is 9.82. The van der Waals surface area contributed by atoms with Crippen molar-refractivity contribution in [3.63, 3.8) is 0 Å². The van der Waals surface area contributed by atoms with Gasteiger partial charge in [-0.3, -0.25) is 4.79 Å². The molecule has 1 saturated heterocycles. The fourth-order valence-electron chi connectivity index (χ4n) is 2.57. The molecule has 0 aromatic rings. The molecule has 0 radical (unpaired) electrons. The molecule has 92 valence electrons. The number of nitrogens with one attached hydrogen (secondary N) is 1. The molecule has 0 bridgehead atoms. The van der Waals surface area contributed by atoms with E-state index >= 15 is 0 Å². The van der Waals surface area contributed by atoms with Crippen molar-refractivity contribution >= 4 is 5.91 Å². The van der Waals surface area contributed by atoms with Crippen molar-refractivity contribution in [2.45, 2.75) is 38.1 Å². The number of nitrogens with zero attached hydrogens (tertiary/aromatic N) is 1. The minimum Gasteiger partial charge on any atom is -0.395 e. The maximum atomic E-state index is 12.1. The van der Waals surface area contributed by atoms with Crippen LogP contribution in [-0.2, 0) is 4.79 Å². The van der Waals surface area contributed by atoms with Gasteiger partial charge in [-0.05, 0) is 44.7 Å². The van der Waals surface area contributed by atoms with Gasteiger partial charge in [0, 0.05) is 19.0 Å². The van der Waals surface area contributed by atoms with Crippen molar-refractivity contribution in [1.29, 1.82) is 0 Å². The molecule has 1 atom stereocenters.